The van der Waals surface area contributed by atoms with Gasteiger partial charge in [0.15, 0.2) is 0 Å². The first kappa shape index (κ1) is 11.7. The van der Waals surface area contributed by atoms with Gasteiger partial charge in [-0.15, -0.1) is 10.2 Å². The van der Waals surface area contributed by atoms with Gasteiger partial charge in [-0.05, 0) is 36.4 Å². The van der Waals surface area contributed by atoms with Crippen LogP contribution in [0.25, 0.3) is 22.9 Å². The summed E-state index contributed by atoms with van der Waals surface area (Å²) in [4.78, 5) is 0. The maximum absolute atomic E-state index is 5.93. The third-order valence-electron chi connectivity index (χ3n) is 2.63. The SMILES string of the molecule is Nc1cccc(-c2nnc(-c3cccc(Cl)c3)o2)c1. The van der Waals surface area contributed by atoms with Crippen LogP contribution in [0.3, 0.4) is 0 Å². The Morgan fingerprint density at radius 2 is 1.53 bits per heavy atom. The van der Waals surface area contributed by atoms with Gasteiger partial charge in [-0.25, -0.2) is 0 Å². The highest BCUT2D eigenvalue weighted by Gasteiger charge is 2.10. The second-order valence-corrected chi connectivity index (χ2v) is 4.48. The first-order valence-corrected chi connectivity index (χ1v) is 6.05. The van der Waals surface area contributed by atoms with Gasteiger partial charge >= 0.3 is 0 Å². The molecule has 19 heavy (non-hydrogen) atoms. The van der Waals surface area contributed by atoms with E-state index in [1.165, 1.54) is 0 Å². The molecular formula is C14H10ClN3O. The summed E-state index contributed by atoms with van der Waals surface area (Å²) >= 11 is 5.93. The molecule has 4 nitrogen and oxygen atoms in total. The Labute approximate surface area is 114 Å². The van der Waals surface area contributed by atoms with Gasteiger partial charge < -0.3 is 10.2 Å². The van der Waals surface area contributed by atoms with Crippen molar-refractivity contribution in [1.29, 1.82) is 0 Å². The van der Waals surface area contributed by atoms with Crippen LogP contribution in [0.15, 0.2) is 52.9 Å². The van der Waals surface area contributed by atoms with Crippen LogP contribution >= 0.6 is 11.6 Å². The van der Waals surface area contributed by atoms with Crippen molar-refractivity contribution in [2.24, 2.45) is 0 Å². The molecule has 0 fully saturated rings. The van der Waals surface area contributed by atoms with Crippen LogP contribution in [-0.2, 0) is 0 Å². The summed E-state index contributed by atoms with van der Waals surface area (Å²) in [7, 11) is 0. The van der Waals surface area contributed by atoms with E-state index < -0.39 is 0 Å². The van der Waals surface area contributed by atoms with Crippen LogP contribution < -0.4 is 5.73 Å². The van der Waals surface area contributed by atoms with E-state index in [4.69, 9.17) is 21.8 Å². The molecule has 2 N–H and O–H groups in total. The predicted octanol–water partition coefficient (Wildman–Crippen LogP) is 3.64. The lowest BCUT2D eigenvalue weighted by atomic mass is 10.2. The highest BCUT2D eigenvalue weighted by Crippen LogP contribution is 2.26. The Kier molecular flexibility index (Phi) is 2.93. The molecule has 0 bridgehead atoms. The number of halogens is 1. The third-order valence-corrected chi connectivity index (χ3v) is 2.87. The van der Waals surface area contributed by atoms with Crippen molar-refractivity contribution in [3.05, 3.63) is 53.6 Å². The maximum atomic E-state index is 5.93. The van der Waals surface area contributed by atoms with Crippen molar-refractivity contribution < 1.29 is 4.42 Å². The number of benzene rings is 2. The van der Waals surface area contributed by atoms with Gasteiger partial charge in [-0.1, -0.05) is 23.7 Å². The zero-order valence-electron chi connectivity index (χ0n) is 9.88. The van der Waals surface area contributed by atoms with Gasteiger partial charge in [-0.2, -0.15) is 0 Å². The van der Waals surface area contributed by atoms with Gasteiger partial charge in [0.2, 0.25) is 11.8 Å². The molecular weight excluding hydrogens is 262 g/mol. The quantitative estimate of drug-likeness (QED) is 0.723. The summed E-state index contributed by atoms with van der Waals surface area (Å²) < 4.78 is 5.63. The minimum atomic E-state index is 0.430. The van der Waals surface area contributed by atoms with Gasteiger partial charge in [-0.3, -0.25) is 0 Å². The molecule has 0 aliphatic rings. The molecule has 3 rings (SSSR count). The molecule has 0 spiro atoms. The van der Waals surface area contributed by atoms with Crippen LogP contribution in [0.1, 0.15) is 0 Å². The first-order valence-electron chi connectivity index (χ1n) is 5.68. The average molecular weight is 272 g/mol. The van der Waals surface area contributed by atoms with E-state index in [9.17, 15) is 0 Å². The molecule has 0 saturated carbocycles. The van der Waals surface area contributed by atoms with Crippen molar-refractivity contribution >= 4 is 17.3 Å². The second-order valence-electron chi connectivity index (χ2n) is 4.05. The van der Waals surface area contributed by atoms with Crippen molar-refractivity contribution in [3.63, 3.8) is 0 Å². The monoisotopic (exact) mass is 271 g/mol. The summed E-state index contributed by atoms with van der Waals surface area (Å²) in [6, 6.07) is 14.6. The molecule has 0 atom stereocenters. The Morgan fingerprint density at radius 3 is 2.16 bits per heavy atom. The Bertz CT molecular complexity index is 664. The van der Waals surface area contributed by atoms with Crippen LogP contribution in [0.2, 0.25) is 5.02 Å². The number of nitrogens with zero attached hydrogens (tertiary/aromatic N) is 2. The number of hydrogen-bond donors (Lipinski definition) is 1. The maximum Gasteiger partial charge on any atom is 0.248 e. The van der Waals surface area contributed by atoms with E-state index in [1.807, 2.05) is 24.3 Å². The fraction of sp³-hybridized carbons (Fsp3) is 0. The lowest BCUT2D eigenvalue weighted by Gasteiger charge is -1.97. The number of aromatic nitrogens is 2. The highest BCUT2D eigenvalue weighted by atomic mass is 35.5. The minimum absolute atomic E-state index is 0.430. The Morgan fingerprint density at radius 1 is 0.895 bits per heavy atom. The smallest absolute Gasteiger partial charge is 0.248 e. The van der Waals surface area contributed by atoms with E-state index in [2.05, 4.69) is 10.2 Å². The summed E-state index contributed by atoms with van der Waals surface area (Å²) in [5, 5.41) is 8.66. The molecule has 0 radical (unpaired) electrons. The molecule has 94 valence electrons. The summed E-state index contributed by atoms with van der Waals surface area (Å²) in [5.74, 6) is 0.863. The number of hydrogen-bond acceptors (Lipinski definition) is 4. The molecule has 5 heteroatoms. The molecule has 0 amide bonds. The predicted molar refractivity (Wildman–Crippen MR) is 74.6 cm³/mol. The van der Waals surface area contributed by atoms with E-state index in [1.54, 1.807) is 24.3 Å². The summed E-state index contributed by atoms with van der Waals surface area (Å²) in [6.45, 7) is 0. The van der Waals surface area contributed by atoms with Gasteiger partial charge in [0.25, 0.3) is 0 Å². The minimum Gasteiger partial charge on any atom is -0.416 e. The van der Waals surface area contributed by atoms with Crippen LogP contribution in [0, 0.1) is 0 Å². The van der Waals surface area contributed by atoms with Crippen LogP contribution in [-0.4, -0.2) is 10.2 Å². The molecule has 3 aromatic rings. The summed E-state index contributed by atoms with van der Waals surface area (Å²) in [5.41, 5.74) is 7.96. The molecule has 1 heterocycles. The topological polar surface area (TPSA) is 64.9 Å². The molecule has 0 unspecified atom stereocenters. The van der Waals surface area contributed by atoms with E-state index in [-0.39, 0.29) is 0 Å². The molecule has 0 aliphatic heterocycles. The molecule has 1 aromatic heterocycles. The van der Waals surface area contributed by atoms with Crippen molar-refractivity contribution in [3.8, 4) is 22.9 Å². The van der Waals surface area contributed by atoms with Crippen LogP contribution in [0.5, 0.6) is 0 Å². The lowest BCUT2D eigenvalue weighted by molar-refractivity contribution is 0.584. The molecule has 0 saturated heterocycles. The Hall–Kier alpha value is -2.33. The van der Waals surface area contributed by atoms with Gasteiger partial charge in [0.05, 0.1) is 0 Å². The summed E-state index contributed by atoms with van der Waals surface area (Å²) in [6.07, 6.45) is 0. The van der Waals surface area contributed by atoms with E-state index in [0.29, 0.717) is 22.5 Å². The fourth-order valence-electron chi connectivity index (χ4n) is 1.75. The van der Waals surface area contributed by atoms with Crippen molar-refractivity contribution in [2.75, 3.05) is 5.73 Å². The highest BCUT2D eigenvalue weighted by molar-refractivity contribution is 6.30. The zero-order valence-corrected chi connectivity index (χ0v) is 10.6. The lowest BCUT2D eigenvalue weighted by Crippen LogP contribution is -1.84. The van der Waals surface area contributed by atoms with Crippen LogP contribution in [0.4, 0.5) is 5.69 Å². The molecule has 2 aromatic carbocycles. The Balaban J connectivity index is 2.00. The van der Waals surface area contributed by atoms with Crippen molar-refractivity contribution in [1.82, 2.24) is 10.2 Å². The van der Waals surface area contributed by atoms with E-state index in [0.717, 1.165) is 11.1 Å². The van der Waals surface area contributed by atoms with Gasteiger partial charge in [0.1, 0.15) is 0 Å². The van der Waals surface area contributed by atoms with Crippen molar-refractivity contribution in [2.45, 2.75) is 0 Å². The second kappa shape index (κ2) is 4.74. The van der Waals surface area contributed by atoms with Gasteiger partial charge in [0, 0.05) is 21.8 Å². The standard InChI is InChI=1S/C14H10ClN3O/c15-11-5-1-3-9(7-11)13-17-18-14(19-13)10-4-2-6-12(16)8-10/h1-8H,16H2. The zero-order chi connectivity index (χ0) is 13.2. The largest absolute Gasteiger partial charge is 0.416 e. The number of nitrogen functional groups attached to an aromatic ring is 1. The number of anilines is 1. The first-order chi connectivity index (χ1) is 9.22. The number of rotatable bonds is 2. The normalized spacial score (nSPS) is 10.6. The average Bonchev–Trinajstić information content (AvgIpc) is 2.88. The fourth-order valence-corrected chi connectivity index (χ4v) is 1.94. The number of nitrogens with two attached hydrogens (primary N) is 1. The third kappa shape index (κ3) is 2.44. The van der Waals surface area contributed by atoms with E-state index >= 15 is 0 Å². The molecule has 0 aliphatic carbocycles.